The first kappa shape index (κ1) is 21.7. The van der Waals surface area contributed by atoms with Crippen LogP contribution < -0.4 is 26.0 Å². The molecule has 2 aromatic heterocycles. The SMILES string of the molecule is CC(C)Cn1cnc2c1c(=O)n(CC(=O)Nc1ccc3c(c1)OCO3)c(=O)n2CC(C)C. The number of carbonyl (C=O) groups excluding carboxylic acids is 1. The van der Waals surface area contributed by atoms with E-state index < -0.39 is 23.7 Å². The third-order valence-electron chi connectivity index (χ3n) is 5.05. The highest BCUT2D eigenvalue weighted by Crippen LogP contribution is 2.34. The number of anilines is 1. The van der Waals surface area contributed by atoms with Crippen molar-refractivity contribution in [3.8, 4) is 11.5 Å². The van der Waals surface area contributed by atoms with Gasteiger partial charge in [0, 0.05) is 24.8 Å². The molecule has 1 aliphatic heterocycles. The minimum atomic E-state index is -0.549. The number of aromatic nitrogens is 4. The molecule has 0 fully saturated rings. The van der Waals surface area contributed by atoms with Crippen molar-refractivity contribution in [2.45, 2.75) is 47.3 Å². The molecule has 1 N–H and O–H groups in total. The molecule has 32 heavy (non-hydrogen) atoms. The van der Waals surface area contributed by atoms with Crippen LogP contribution in [0.4, 0.5) is 5.69 Å². The van der Waals surface area contributed by atoms with Crippen LogP contribution in [0.25, 0.3) is 11.2 Å². The second-order valence-electron chi connectivity index (χ2n) is 8.76. The van der Waals surface area contributed by atoms with Crippen LogP contribution in [0.3, 0.4) is 0 Å². The quantitative estimate of drug-likeness (QED) is 0.601. The molecule has 1 aliphatic rings. The Kier molecular flexibility index (Phi) is 5.77. The molecule has 0 aliphatic carbocycles. The van der Waals surface area contributed by atoms with Gasteiger partial charge in [0.05, 0.1) is 6.33 Å². The molecule has 0 radical (unpaired) electrons. The Morgan fingerprint density at radius 3 is 2.50 bits per heavy atom. The normalized spacial score (nSPS) is 12.8. The van der Waals surface area contributed by atoms with Gasteiger partial charge in [0.2, 0.25) is 12.7 Å². The van der Waals surface area contributed by atoms with Crippen LogP contribution in [0.15, 0.2) is 34.1 Å². The molecule has 1 aromatic carbocycles. The van der Waals surface area contributed by atoms with Crippen molar-refractivity contribution >= 4 is 22.8 Å². The number of nitrogens with zero attached hydrogens (tertiary/aromatic N) is 4. The predicted octanol–water partition coefficient (Wildman–Crippen LogP) is 2.04. The molecule has 3 heterocycles. The monoisotopic (exact) mass is 441 g/mol. The number of benzene rings is 1. The summed E-state index contributed by atoms with van der Waals surface area (Å²) in [5.74, 6) is 1.06. The number of hydrogen-bond acceptors (Lipinski definition) is 6. The van der Waals surface area contributed by atoms with Crippen molar-refractivity contribution in [1.29, 1.82) is 0 Å². The largest absolute Gasteiger partial charge is 0.454 e. The molecular weight excluding hydrogens is 414 g/mol. The van der Waals surface area contributed by atoms with Gasteiger partial charge in [0.15, 0.2) is 22.7 Å². The Morgan fingerprint density at radius 1 is 1.06 bits per heavy atom. The first-order valence-electron chi connectivity index (χ1n) is 10.6. The number of carbonyl (C=O) groups is 1. The van der Waals surface area contributed by atoms with Gasteiger partial charge in [-0.3, -0.25) is 14.2 Å². The standard InChI is InChI=1S/C22H27N5O5/c1-13(2)8-25-11-23-20-19(25)21(29)27(22(30)26(20)9-14(3)4)10-18(28)24-15-5-6-16-17(7-15)32-12-31-16/h5-7,11,13-14H,8-10,12H2,1-4H3,(H,24,28). The topological polar surface area (TPSA) is 109 Å². The van der Waals surface area contributed by atoms with E-state index >= 15 is 0 Å². The van der Waals surface area contributed by atoms with Gasteiger partial charge in [-0.2, -0.15) is 0 Å². The zero-order valence-corrected chi connectivity index (χ0v) is 18.6. The second kappa shape index (κ2) is 8.52. The van der Waals surface area contributed by atoms with Crippen molar-refractivity contribution < 1.29 is 14.3 Å². The lowest BCUT2D eigenvalue weighted by atomic mass is 10.2. The zero-order chi connectivity index (χ0) is 23.0. The van der Waals surface area contributed by atoms with Crippen LogP contribution in [0.1, 0.15) is 27.7 Å². The Hall–Kier alpha value is -3.56. The summed E-state index contributed by atoms with van der Waals surface area (Å²) < 4.78 is 14.8. The van der Waals surface area contributed by atoms with Crippen LogP contribution in [0.5, 0.6) is 11.5 Å². The number of amides is 1. The van der Waals surface area contributed by atoms with Gasteiger partial charge < -0.3 is 19.4 Å². The first-order chi connectivity index (χ1) is 15.2. The molecule has 4 rings (SSSR count). The molecule has 0 bridgehead atoms. The average Bonchev–Trinajstić information content (AvgIpc) is 3.34. The van der Waals surface area contributed by atoms with Crippen molar-refractivity contribution in [1.82, 2.24) is 18.7 Å². The van der Waals surface area contributed by atoms with Crippen molar-refractivity contribution in [3.05, 3.63) is 45.4 Å². The Balaban J connectivity index is 1.71. The Labute approximate surface area is 184 Å². The third-order valence-corrected chi connectivity index (χ3v) is 5.05. The summed E-state index contributed by atoms with van der Waals surface area (Å²) in [5, 5.41) is 2.72. The molecule has 10 heteroatoms. The van der Waals surface area contributed by atoms with Crippen LogP contribution in [-0.2, 0) is 24.4 Å². The van der Waals surface area contributed by atoms with Crippen LogP contribution in [0, 0.1) is 11.8 Å². The van der Waals surface area contributed by atoms with E-state index in [4.69, 9.17) is 9.47 Å². The summed E-state index contributed by atoms with van der Waals surface area (Å²) in [5.41, 5.74) is 0.0909. The van der Waals surface area contributed by atoms with E-state index in [0.717, 1.165) is 4.57 Å². The van der Waals surface area contributed by atoms with E-state index in [0.29, 0.717) is 41.4 Å². The van der Waals surface area contributed by atoms with Crippen molar-refractivity contribution in [2.75, 3.05) is 12.1 Å². The summed E-state index contributed by atoms with van der Waals surface area (Å²) in [7, 11) is 0. The molecule has 0 spiro atoms. The predicted molar refractivity (Wildman–Crippen MR) is 119 cm³/mol. The molecule has 0 atom stereocenters. The van der Waals surface area contributed by atoms with Gasteiger partial charge in [-0.25, -0.2) is 14.3 Å². The highest BCUT2D eigenvalue weighted by molar-refractivity contribution is 5.91. The van der Waals surface area contributed by atoms with E-state index in [1.165, 1.54) is 4.57 Å². The molecule has 10 nitrogen and oxygen atoms in total. The minimum Gasteiger partial charge on any atom is -0.454 e. The molecular formula is C22H27N5O5. The molecule has 170 valence electrons. The molecule has 0 unspecified atom stereocenters. The van der Waals surface area contributed by atoms with Gasteiger partial charge in [0.1, 0.15) is 6.54 Å². The van der Waals surface area contributed by atoms with Gasteiger partial charge in [-0.1, -0.05) is 27.7 Å². The molecule has 3 aromatic rings. The molecule has 1 amide bonds. The van der Waals surface area contributed by atoms with Crippen molar-refractivity contribution in [3.63, 3.8) is 0 Å². The summed E-state index contributed by atoms with van der Waals surface area (Å²) in [6.07, 6.45) is 1.58. The van der Waals surface area contributed by atoms with E-state index in [2.05, 4.69) is 10.3 Å². The number of nitrogens with one attached hydrogen (secondary N) is 1. The summed E-state index contributed by atoms with van der Waals surface area (Å²) >= 11 is 0. The fraction of sp³-hybridized carbons (Fsp3) is 0.455. The summed E-state index contributed by atoms with van der Waals surface area (Å²) in [4.78, 5) is 43.5. The molecule has 0 saturated heterocycles. The van der Waals surface area contributed by atoms with Crippen LogP contribution in [-0.4, -0.2) is 31.4 Å². The maximum atomic E-state index is 13.3. The fourth-order valence-electron chi connectivity index (χ4n) is 3.76. The third kappa shape index (κ3) is 4.12. The lowest BCUT2D eigenvalue weighted by Gasteiger charge is -2.14. The number of fused-ring (bicyclic) bond motifs is 2. The Bertz CT molecular complexity index is 1280. The average molecular weight is 441 g/mol. The van der Waals surface area contributed by atoms with Gasteiger partial charge in [-0.05, 0) is 24.0 Å². The maximum Gasteiger partial charge on any atom is 0.333 e. The van der Waals surface area contributed by atoms with Crippen LogP contribution >= 0.6 is 0 Å². The lowest BCUT2D eigenvalue weighted by Crippen LogP contribution is -2.43. The van der Waals surface area contributed by atoms with Crippen LogP contribution in [0.2, 0.25) is 0 Å². The highest BCUT2D eigenvalue weighted by Gasteiger charge is 2.21. The second-order valence-corrected chi connectivity index (χ2v) is 8.76. The maximum absolute atomic E-state index is 13.3. The summed E-state index contributed by atoms with van der Waals surface area (Å²) in [6.45, 7) is 8.71. The van der Waals surface area contributed by atoms with Gasteiger partial charge >= 0.3 is 5.69 Å². The fourth-order valence-corrected chi connectivity index (χ4v) is 3.76. The van der Waals surface area contributed by atoms with E-state index in [-0.39, 0.29) is 18.6 Å². The smallest absolute Gasteiger partial charge is 0.333 e. The number of imidazole rings is 1. The summed E-state index contributed by atoms with van der Waals surface area (Å²) in [6, 6.07) is 5.00. The van der Waals surface area contributed by atoms with E-state index in [1.807, 2.05) is 27.7 Å². The lowest BCUT2D eigenvalue weighted by molar-refractivity contribution is -0.116. The molecule has 0 saturated carbocycles. The number of rotatable bonds is 7. The Morgan fingerprint density at radius 2 is 1.78 bits per heavy atom. The number of ether oxygens (including phenoxy) is 2. The highest BCUT2D eigenvalue weighted by atomic mass is 16.7. The zero-order valence-electron chi connectivity index (χ0n) is 18.6. The van der Waals surface area contributed by atoms with E-state index in [9.17, 15) is 14.4 Å². The van der Waals surface area contributed by atoms with Crippen molar-refractivity contribution in [2.24, 2.45) is 11.8 Å². The van der Waals surface area contributed by atoms with E-state index in [1.54, 1.807) is 29.1 Å². The van der Waals surface area contributed by atoms with Gasteiger partial charge in [-0.15, -0.1) is 0 Å². The minimum absolute atomic E-state index is 0.127. The number of hydrogen-bond donors (Lipinski definition) is 1. The first-order valence-corrected chi connectivity index (χ1v) is 10.6. The van der Waals surface area contributed by atoms with Gasteiger partial charge in [0.25, 0.3) is 5.56 Å².